The van der Waals surface area contributed by atoms with Gasteiger partial charge in [0.25, 0.3) is 5.82 Å². The molecule has 1 aromatic carbocycles. The van der Waals surface area contributed by atoms with Crippen LogP contribution in [0.4, 0.5) is 0 Å². The highest BCUT2D eigenvalue weighted by atomic mass is 16.5. The minimum absolute atomic E-state index is 0.135. The summed E-state index contributed by atoms with van der Waals surface area (Å²) in [5.74, 6) is -1.26. The van der Waals surface area contributed by atoms with Crippen LogP contribution in [0.15, 0.2) is 28.8 Å². The minimum Gasteiger partial charge on any atom is -0.508 e. The van der Waals surface area contributed by atoms with Crippen LogP contribution in [0.1, 0.15) is 22.1 Å². The average Bonchev–Trinajstić information content (AvgIpc) is 2.66. The summed E-state index contributed by atoms with van der Waals surface area (Å²) in [6, 6.07) is 6.54. The maximum atomic E-state index is 10.5. The van der Waals surface area contributed by atoms with Gasteiger partial charge in [-0.25, -0.2) is 4.79 Å². The van der Waals surface area contributed by atoms with E-state index in [1.807, 2.05) is 0 Å². The number of aromatic carboxylic acids is 1. The van der Waals surface area contributed by atoms with Crippen LogP contribution in [0.3, 0.4) is 0 Å². The largest absolute Gasteiger partial charge is 0.508 e. The molecule has 0 bridgehead atoms. The Morgan fingerprint density at radius 1 is 1.44 bits per heavy atom. The lowest BCUT2D eigenvalue weighted by Crippen LogP contribution is -1.99. The third kappa shape index (κ3) is 2.17. The predicted molar refractivity (Wildman–Crippen MR) is 52.2 cm³/mol. The van der Waals surface area contributed by atoms with Crippen LogP contribution < -0.4 is 0 Å². The van der Waals surface area contributed by atoms with Gasteiger partial charge in [0.05, 0.1) is 6.42 Å². The third-order valence-corrected chi connectivity index (χ3v) is 1.93. The Morgan fingerprint density at radius 2 is 2.25 bits per heavy atom. The molecule has 1 heterocycles. The van der Waals surface area contributed by atoms with Crippen molar-refractivity contribution in [1.82, 2.24) is 10.1 Å². The average molecular weight is 220 g/mol. The van der Waals surface area contributed by atoms with Gasteiger partial charge in [0, 0.05) is 0 Å². The van der Waals surface area contributed by atoms with Crippen molar-refractivity contribution in [2.75, 3.05) is 0 Å². The summed E-state index contributed by atoms with van der Waals surface area (Å²) in [7, 11) is 0. The zero-order chi connectivity index (χ0) is 11.5. The predicted octanol–water partition coefficient (Wildman–Crippen LogP) is 1.06. The summed E-state index contributed by atoms with van der Waals surface area (Å²) in [5.41, 5.74) is 0.764. The van der Waals surface area contributed by atoms with E-state index in [0.29, 0.717) is 0 Å². The summed E-state index contributed by atoms with van der Waals surface area (Å²) in [4.78, 5) is 14.2. The van der Waals surface area contributed by atoms with Crippen molar-refractivity contribution in [2.24, 2.45) is 0 Å². The first-order chi connectivity index (χ1) is 7.65. The minimum atomic E-state index is -1.23. The van der Waals surface area contributed by atoms with E-state index >= 15 is 0 Å². The SMILES string of the molecule is O=C(O)c1noc(Cc2cccc(O)c2)n1. The molecule has 0 saturated heterocycles. The van der Waals surface area contributed by atoms with Gasteiger partial charge in [-0.1, -0.05) is 12.1 Å². The fourth-order valence-corrected chi connectivity index (χ4v) is 1.25. The molecule has 2 rings (SSSR count). The Morgan fingerprint density at radius 3 is 2.88 bits per heavy atom. The van der Waals surface area contributed by atoms with Gasteiger partial charge in [0.15, 0.2) is 0 Å². The van der Waals surface area contributed by atoms with Gasteiger partial charge >= 0.3 is 5.97 Å². The standard InChI is InChI=1S/C10H8N2O4/c13-7-3-1-2-6(4-7)5-8-11-9(10(14)15)12-16-8/h1-4,13H,5H2,(H,14,15). The third-order valence-electron chi connectivity index (χ3n) is 1.93. The molecular formula is C10H8N2O4. The zero-order valence-corrected chi connectivity index (χ0v) is 8.12. The first kappa shape index (κ1) is 10.2. The van der Waals surface area contributed by atoms with Crippen LogP contribution in [-0.4, -0.2) is 26.3 Å². The first-order valence-electron chi connectivity index (χ1n) is 4.49. The van der Waals surface area contributed by atoms with Gasteiger partial charge in [0.2, 0.25) is 5.89 Å². The molecule has 6 nitrogen and oxygen atoms in total. The van der Waals surface area contributed by atoms with E-state index in [9.17, 15) is 9.90 Å². The summed E-state index contributed by atoms with van der Waals surface area (Å²) in [6.45, 7) is 0. The van der Waals surface area contributed by atoms with Crippen LogP contribution in [0.25, 0.3) is 0 Å². The topological polar surface area (TPSA) is 96.5 Å². The number of benzene rings is 1. The Balaban J connectivity index is 2.17. The molecule has 6 heteroatoms. The summed E-state index contributed by atoms with van der Waals surface area (Å²) in [6.07, 6.45) is 0.286. The molecule has 16 heavy (non-hydrogen) atoms. The molecule has 0 atom stereocenters. The monoisotopic (exact) mass is 220 g/mol. The molecule has 0 saturated carbocycles. The number of carbonyl (C=O) groups is 1. The quantitative estimate of drug-likeness (QED) is 0.802. The second-order valence-corrected chi connectivity index (χ2v) is 3.16. The summed E-state index contributed by atoms with van der Waals surface area (Å²) < 4.78 is 4.75. The number of carboxylic acids is 1. The number of hydrogen-bond donors (Lipinski definition) is 2. The molecule has 0 aliphatic rings. The number of aromatic nitrogens is 2. The molecular weight excluding hydrogens is 212 g/mol. The van der Waals surface area contributed by atoms with Gasteiger partial charge in [-0.2, -0.15) is 4.98 Å². The number of hydrogen-bond acceptors (Lipinski definition) is 5. The lowest BCUT2D eigenvalue weighted by atomic mass is 10.1. The molecule has 0 spiro atoms. The highest BCUT2D eigenvalue weighted by Crippen LogP contribution is 2.14. The molecule has 0 aliphatic carbocycles. The van der Waals surface area contributed by atoms with E-state index in [0.717, 1.165) is 5.56 Å². The highest BCUT2D eigenvalue weighted by molar-refractivity contribution is 5.82. The van der Waals surface area contributed by atoms with Crippen molar-refractivity contribution in [1.29, 1.82) is 0 Å². The smallest absolute Gasteiger partial charge is 0.377 e. The molecule has 82 valence electrons. The number of rotatable bonds is 3. The molecule has 0 fully saturated rings. The Kier molecular flexibility index (Phi) is 2.55. The van der Waals surface area contributed by atoms with Crippen molar-refractivity contribution >= 4 is 5.97 Å². The van der Waals surface area contributed by atoms with E-state index < -0.39 is 5.97 Å². The fraction of sp³-hybridized carbons (Fsp3) is 0.100. The Labute approximate surface area is 90.2 Å². The van der Waals surface area contributed by atoms with Gasteiger partial charge < -0.3 is 14.7 Å². The number of aromatic hydroxyl groups is 1. The Hall–Kier alpha value is -2.37. The van der Waals surface area contributed by atoms with Gasteiger partial charge in [-0.3, -0.25) is 0 Å². The highest BCUT2D eigenvalue weighted by Gasteiger charge is 2.12. The van der Waals surface area contributed by atoms with E-state index in [1.165, 1.54) is 0 Å². The van der Waals surface area contributed by atoms with Gasteiger partial charge in [-0.15, -0.1) is 0 Å². The Bertz CT molecular complexity index is 521. The molecule has 0 unspecified atom stereocenters. The van der Waals surface area contributed by atoms with Crippen LogP contribution in [0.5, 0.6) is 5.75 Å². The number of phenols is 1. The lowest BCUT2D eigenvalue weighted by molar-refractivity contribution is 0.0680. The molecule has 2 N–H and O–H groups in total. The molecule has 2 aromatic rings. The zero-order valence-electron chi connectivity index (χ0n) is 8.12. The van der Waals surface area contributed by atoms with E-state index in [-0.39, 0.29) is 23.9 Å². The van der Waals surface area contributed by atoms with E-state index in [4.69, 9.17) is 9.63 Å². The first-order valence-corrected chi connectivity index (χ1v) is 4.49. The lowest BCUT2D eigenvalue weighted by Gasteiger charge is -1.96. The van der Waals surface area contributed by atoms with Crippen molar-refractivity contribution in [3.8, 4) is 5.75 Å². The van der Waals surface area contributed by atoms with Crippen LogP contribution in [0.2, 0.25) is 0 Å². The summed E-state index contributed by atoms with van der Waals surface area (Å²) >= 11 is 0. The molecule has 0 aliphatic heterocycles. The number of nitrogens with zero attached hydrogens (tertiary/aromatic N) is 2. The van der Waals surface area contributed by atoms with Crippen LogP contribution in [-0.2, 0) is 6.42 Å². The van der Waals surface area contributed by atoms with Crippen molar-refractivity contribution in [3.05, 3.63) is 41.5 Å². The molecule has 0 amide bonds. The maximum absolute atomic E-state index is 10.5. The van der Waals surface area contributed by atoms with E-state index in [2.05, 4.69) is 10.1 Å². The van der Waals surface area contributed by atoms with Gasteiger partial charge in [0.1, 0.15) is 5.75 Å². The van der Waals surface area contributed by atoms with E-state index in [1.54, 1.807) is 24.3 Å². The van der Waals surface area contributed by atoms with Crippen molar-refractivity contribution in [3.63, 3.8) is 0 Å². The normalized spacial score (nSPS) is 10.2. The van der Waals surface area contributed by atoms with Crippen molar-refractivity contribution in [2.45, 2.75) is 6.42 Å². The number of carboxylic acid groups (broad SMARTS) is 1. The molecule has 1 aromatic heterocycles. The maximum Gasteiger partial charge on any atom is 0.377 e. The second-order valence-electron chi connectivity index (χ2n) is 3.16. The summed E-state index contributed by atoms with van der Waals surface area (Å²) in [5, 5.41) is 21.1. The fourth-order valence-electron chi connectivity index (χ4n) is 1.25. The van der Waals surface area contributed by atoms with Gasteiger partial charge in [-0.05, 0) is 22.9 Å². The van der Waals surface area contributed by atoms with Crippen molar-refractivity contribution < 1.29 is 19.5 Å². The van der Waals surface area contributed by atoms with Crippen LogP contribution >= 0.6 is 0 Å². The second kappa shape index (κ2) is 4.01. The van der Waals surface area contributed by atoms with Crippen LogP contribution in [0, 0.1) is 0 Å². The number of phenolic OH excluding ortho intramolecular Hbond substituents is 1. The molecule has 0 radical (unpaired) electrons.